The van der Waals surface area contributed by atoms with Crippen LogP contribution >= 0.6 is 35.2 Å². The molecule has 0 aromatic heterocycles. The van der Waals surface area contributed by atoms with Crippen molar-refractivity contribution in [1.29, 1.82) is 0 Å². The Labute approximate surface area is 61.0 Å². The monoisotopic (exact) mass is 226 g/mol. The topological polar surface area (TPSA) is 24.7 Å². The molecule has 7 heavy (non-hydrogen) atoms. The minimum atomic E-state index is 1.39. The van der Waals surface area contributed by atoms with Gasteiger partial charge in [-0.2, -0.15) is 0 Å². The molecule has 0 N–H and O–H groups in total. The van der Waals surface area contributed by atoms with Crippen LogP contribution in [0.25, 0.3) is 0 Å². The van der Waals surface area contributed by atoms with Crippen LogP contribution in [0.15, 0.2) is 15.6 Å². The normalized spacial score (nSPS) is 8.29. The molecule has 4 heteroatoms. The van der Waals surface area contributed by atoms with E-state index in [1.165, 1.54) is 5.41 Å². The van der Waals surface area contributed by atoms with Gasteiger partial charge >= 0.3 is 0 Å². The van der Waals surface area contributed by atoms with Crippen molar-refractivity contribution in [3.8, 4) is 0 Å². The maximum absolute atomic E-state index is 3.69. The molecule has 0 spiro atoms. The molecule has 0 bridgehead atoms. The molecule has 0 amide bonds. The summed E-state index contributed by atoms with van der Waals surface area (Å²) in [5, 5.41) is 8.24. The Balaban J connectivity index is 3.48. The molecule has 38 valence electrons. The third-order valence-electron chi connectivity index (χ3n) is 0.217. The predicted octanol–water partition coefficient (Wildman–Crippen LogP) is 1.48. The van der Waals surface area contributed by atoms with Gasteiger partial charge in [0.15, 0.2) is 0 Å². The average Bonchev–Trinajstić information content (AvgIpc) is 1.69. The molecule has 0 aromatic rings. The van der Waals surface area contributed by atoms with Crippen LogP contribution in [-0.2, 0) is 0 Å². The van der Waals surface area contributed by atoms with Crippen LogP contribution < -0.4 is 0 Å². The Bertz CT molecular complexity index is 114. The van der Waals surface area contributed by atoms with E-state index in [-0.39, 0.29) is 0 Å². The predicted molar refractivity (Wildman–Crippen MR) is 43.5 cm³/mol. The van der Waals surface area contributed by atoms with Crippen LogP contribution in [0.1, 0.15) is 0 Å². The first-order valence-electron chi connectivity index (χ1n) is 1.45. The number of rotatable bonds is 1. The molecular formula is C3H3IN2S. The lowest BCUT2D eigenvalue weighted by Crippen LogP contribution is -1.47. The molecule has 0 aromatic carbocycles. The fraction of sp³-hybridized carbons (Fsp3) is 0. The number of hydrogen-bond acceptors (Lipinski definition) is 3. The van der Waals surface area contributed by atoms with E-state index in [2.05, 4.69) is 28.7 Å². The van der Waals surface area contributed by atoms with Gasteiger partial charge in [0.1, 0.15) is 0 Å². The highest BCUT2D eigenvalue weighted by molar-refractivity contribution is 14.1. The van der Waals surface area contributed by atoms with Gasteiger partial charge in [0.05, 0.1) is 4.22 Å². The van der Waals surface area contributed by atoms with E-state index in [0.717, 1.165) is 0 Å². The zero-order valence-electron chi connectivity index (χ0n) is 3.37. The highest BCUT2D eigenvalue weighted by Gasteiger charge is 1.50. The number of hydrogen-bond donors (Lipinski definition) is 1. The van der Waals surface area contributed by atoms with E-state index in [4.69, 9.17) is 0 Å². The summed E-state index contributed by atoms with van der Waals surface area (Å²) in [5.74, 6) is 2.41. The second-order valence-electron chi connectivity index (χ2n) is 0.571. The van der Waals surface area contributed by atoms with Crippen LogP contribution in [0.4, 0.5) is 0 Å². The van der Waals surface area contributed by atoms with E-state index < -0.39 is 0 Å². The van der Waals surface area contributed by atoms with Crippen molar-refractivity contribution < 1.29 is 0 Å². The first-order valence-corrected chi connectivity index (χ1v) is 3.21. The average molecular weight is 226 g/mol. The van der Waals surface area contributed by atoms with E-state index >= 15 is 0 Å². The van der Waals surface area contributed by atoms with Crippen molar-refractivity contribution in [2.24, 2.45) is 10.2 Å². The van der Waals surface area contributed by atoms with Gasteiger partial charge in [-0.3, -0.25) is 0 Å². The molecule has 0 aliphatic rings. The van der Waals surface area contributed by atoms with Gasteiger partial charge in [-0.15, -0.1) is 22.8 Å². The van der Waals surface area contributed by atoms with Crippen molar-refractivity contribution in [2.45, 2.75) is 0 Å². The summed E-state index contributed by atoms with van der Waals surface area (Å²) in [6.45, 7) is 0. The van der Waals surface area contributed by atoms with Gasteiger partial charge in [0.25, 0.3) is 0 Å². The molecule has 0 unspecified atom stereocenters. The third kappa shape index (κ3) is 6.20. The Morgan fingerprint density at radius 1 is 1.71 bits per heavy atom. The molecule has 0 saturated carbocycles. The van der Waals surface area contributed by atoms with Gasteiger partial charge in [-0.1, -0.05) is 0 Å². The molecule has 0 atom stereocenters. The van der Waals surface area contributed by atoms with E-state index in [9.17, 15) is 0 Å². The number of thiol groups is 1. The Morgan fingerprint density at radius 3 is 2.86 bits per heavy atom. The second-order valence-corrected chi connectivity index (χ2v) is 1.39. The van der Waals surface area contributed by atoms with Gasteiger partial charge in [-0.25, -0.2) is 0 Å². The summed E-state index contributed by atoms with van der Waals surface area (Å²) in [4.78, 5) is 0. The van der Waals surface area contributed by atoms with Crippen molar-refractivity contribution in [3.63, 3.8) is 0 Å². The smallest absolute Gasteiger partial charge is 0.0886 e. The summed E-state index contributed by atoms with van der Waals surface area (Å²) in [6.07, 6.45) is 0. The fourth-order valence-corrected chi connectivity index (χ4v) is 0.257. The minimum absolute atomic E-state index is 1.39. The Hall–Kier alpha value is 0.200. The van der Waals surface area contributed by atoms with E-state index in [1.807, 2.05) is 22.6 Å². The molecule has 0 rings (SSSR count). The molecule has 0 radical (unpaired) electrons. The van der Waals surface area contributed by atoms with E-state index in [0.29, 0.717) is 0 Å². The first-order chi connectivity index (χ1) is 3.41. The summed E-state index contributed by atoms with van der Waals surface area (Å²) < 4.78 is 1.54. The molecule has 0 aliphatic carbocycles. The van der Waals surface area contributed by atoms with E-state index in [1.54, 1.807) is 4.22 Å². The maximum atomic E-state index is 3.69. The quantitative estimate of drug-likeness (QED) is 0.303. The zero-order chi connectivity index (χ0) is 5.54. The second kappa shape index (κ2) is 6.20. The number of nitrogens with zero attached hydrogens (tertiary/aromatic N) is 2. The lowest BCUT2D eigenvalue weighted by atomic mass is 11.2. The standard InChI is InChI=1S/C3H3IN2S/c4-3-6-5-1-2-7/h2-3,7H/b6-3-. The Kier molecular flexibility index (Phi) is 6.38. The molecule has 2 nitrogen and oxygen atoms in total. The summed E-state index contributed by atoms with van der Waals surface area (Å²) >= 11 is 5.65. The van der Waals surface area contributed by atoms with Crippen LogP contribution in [0.3, 0.4) is 0 Å². The molecule has 0 saturated heterocycles. The molecule has 0 aliphatic heterocycles. The first kappa shape index (κ1) is 7.20. The number of halogens is 1. The largest absolute Gasteiger partial charge is 0.144 e. The summed E-state index contributed by atoms with van der Waals surface area (Å²) in [7, 11) is 0. The maximum Gasteiger partial charge on any atom is 0.0886 e. The highest BCUT2D eigenvalue weighted by atomic mass is 127. The zero-order valence-corrected chi connectivity index (χ0v) is 6.43. The van der Waals surface area contributed by atoms with Gasteiger partial charge < -0.3 is 0 Å². The Morgan fingerprint density at radius 2 is 2.43 bits per heavy atom. The lowest BCUT2D eigenvalue weighted by molar-refractivity contribution is 1.29. The SMILES string of the molecule is SC=C=N/N=C\I. The van der Waals surface area contributed by atoms with Crippen molar-refractivity contribution in [3.05, 3.63) is 5.41 Å². The van der Waals surface area contributed by atoms with Crippen LogP contribution in [0.2, 0.25) is 0 Å². The highest BCUT2D eigenvalue weighted by Crippen LogP contribution is 1.72. The van der Waals surface area contributed by atoms with Crippen LogP contribution in [0.5, 0.6) is 0 Å². The molecular weight excluding hydrogens is 223 g/mol. The van der Waals surface area contributed by atoms with Gasteiger partial charge in [0.2, 0.25) is 0 Å². The van der Waals surface area contributed by atoms with Crippen LogP contribution in [0, 0.1) is 0 Å². The van der Waals surface area contributed by atoms with Crippen LogP contribution in [-0.4, -0.2) is 10.1 Å². The summed E-state index contributed by atoms with van der Waals surface area (Å²) in [5.41, 5.74) is 0. The van der Waals surface area contributed by atoms with Gasteiger partial charge in [0, 0.05) is 11.3 Å². The van der Waals surface area contributed by atoms with Crippen molar-refractivity contribution >= 4 is 45.3 Å². The lowest BCUT2D eigenvalue weighted by Gasteiger charge is -1.59. The summed E-state index contributed by atoms with van der Waals surface area (Å²) in [6, 6.07) is 0. The fourth-order valence-electron chi connectivity index (χ4n) is 0.0810. The third-order valence-corrected chi connectivity index (χ3v) is 0.581. The molecule has 0 fully saturated rings. The molecule has 0 heterocycles. The minimum Gasteiger partial charge on any atom is -0.144 e. The van der Waals surface area contributed by atoms with Crippen molar-refractivity contribution in [2.75, 3.05) is 0 Å². The van der Waals surface area contributed by atoms with Crippen molar-refractivity contribution in [1.82, 2.24) is 0 Å². The van der Waals surface area contributed by atoms with Gasteiger partial charge in [-0.05, 0) is 22.6 Å².